The summed E-state index contributed by atoms with van der Waals surface area (Å²) in [5, 5.41) is 5.99. The van der Waals surface area contributed by atoms with Crippen LogP contribution >= 0.6 is 23.1 Å². The summed E-state index contributed by atoms with van der Waals surface area (Å²) in [5.74, 6) is -1.10. The summed E-state index contributed by atoms with van der Waals surface area (Å²) in [6.07, 6.45) is 6.16. The van der Waals surface area contributed by atoms with Gasteiger partial charge in [-0.2, -0.15) is 11.8 Å². The minimum atomic E-state index is -0.683. The Morgan fingerprint density at radius 2 is 1.94 bits per heavy atom. The van der Waals surface area contributed by atoms with Gasteiger partial charge in [0.2, 0.25) is 5.76 Å². The second-order valence-corrected chi connectivity index (χ2v) is 9.83. The first-order chi connectivity index (χ1) is 15.5. The highest BCUT2D eigenvalue weighted by Gasteiger charge is 2.24. The smallest absolute Gasteiger partial charge is 0.375 e. The van der Waals surface area contributed by atoms with Crippen LogP contribution in [0.25, 0.3) is 11.0 Å². The van der Waals surface area contributed by atoms with E-state index >= 15 is 0 Å². The summed E-state index contributed by atoms with van der Waals surface area (Å²) < 4.78 is 11.0. The van der Waals surface area contributed by atoms with Crippen molar-refractivity contribution in [2.45, 2.75) is 43.1 Å². The molecule has 4 rings (SSSR count). The number of ether oxygens (including phenoxy) is 1. The van der Waals surface area contributed by atoms with Crippen molar-refractivity contribution in [2.75, 3.05) is 11.9 Å². The summed E-state index contributed by atoms with van der Waals surface area (Å²) in [7, 11) is 0. The number of fused-ring (bicyclic) bond motifs is 1. The SMILES string of the molecule is NC(=O)c1ccsc1NC(=O)COC(=O)c1oc2ccccc2c1CSC1CCCCC1. The Morgan fingerprint density at radius 3 is 2.72 bits per heavy atom. The number of anilines is 1. The first-order valence-electron chi connectivity index (χ1n) is 10.5. The topological polar surface area (TPSA) is 112 Å². The Bertz CT molecular complexity index is 1130. The molecule has 1 saturated carbocycles. The number of thiophene rings is 1. The molecule has 0 saturated heterocycles. The third-order valence-electron chi connectivity index (χ3n) is 5.42. The second kappa shape index (κ2) is 10.2. The molecule has 0 aliphatic heterocycles. The molecular formula is C23H24N2O5S2. The van der Waals surface area contributed by atoms with Gasteiger partial charge in [-0.3, -0.25) is 9.59 Å². The highest BCUT2D eigenvalue weighted by Crippen LogP contribution is 2.35. The maximum atomic E-state index is 12.8. The van der Waals surface area contributed by atoms with Crippen LogP contribution in [-0.4, -0.2) is 29.6 Å². The van der Waals surface area contributed by atoms with Crippen LogP contribution in [0.2, 0.25) is 0 Å². The van der Waals surface area contributed by atoms with Crippen LogP contribution in [0.4, 0.5) is 5.00 Å². The van der Waals surface area contributed by atoms with Gasteiger partial charge >= 0.3 is 5.97 Å². The van der Waals surface area contributed by atoms with E-state index < -0.39 is 24.4 Å². The molecule has 1 aliphatic carbocycles. The second-order valence-electron chi connectivity index (χ2n) is 7.63. The summed E-state index contributed by atoms with van der Waals surface area (Å²) in [6, 6.07) is 9.03. The molecule has 1 aromatic carbocycles. The van der Waals surface area contributed by atoms with Crippen LogP contribution in [0.3, 0.4) is 0 Å². The first kappa shape index (κ1) is 22.4. The zero-order valence-corrected chi connectivity index (χ0v) is 19.1. The number of nitrogens with one attached hydrogen (secondary N) is 1. The lowest BCUT2D eigenvalue weighted by molar-refractivity contribution is -0.119. The zero-order chi connectivity index (χ0) is 22.5. The lowest BCUT2D eigenvalue weighted by Gasteiger charge is -2.20. The minimum absolute atomic E-state index is 0.135. The van der Waals surface area contributed by atoms with Crippen molar-refractivity contribution in [3.8, 4) is 0 Å². The Balaban J connectivity index is 1.43. The Morgan fingerprint density at radius 1 is 1.16 bits per heavy atom. The molecular weight excluding hydrogens is 448 g/mol. The number of rotatable bonds is 8. The molecule has 0 atom stereocenters. The molecule has 2 heterocycles. The van der Waals surface area contributed by atoms with Crippen molar-refractivity contribution in [1.82, 2.24) is 0 Å². The molecule has 2 amide bonds. The van der Waals surface area contributed by atoms with Crippen molar-refractivity contribution in [2.24, 2.45) is 5.73 Å². The molecule has 0 spiro atoms. The highest BCUT2D eigenvalue weighted by molar-refractivity contribution is 7.99. The van der Waals surface area contributed by atoms with Gasteiger partial charge in [0, 0.05) is 22.0 Å². The normalized spacial score (nSPS) is 14.4. The van der Waals surface area contributed by atoms with E-state index in [1.807, 2.05) is 36.0 Å². The number of esters is 1. The number of thioether (sulfide) groups is 1. The predicted molar refractivity (Wildman–Crippen MR) is 126 cm³/mol. The van der Waals surface area contributed by atoms with E-state index in [-0.39, 0.29) is 11.3 Å². The summed E-state index contributed by atoms with van der Waals surface area (Å²) in [5.41, 5.74) is 6.92. The number of para-hydroxylation sites is 1. The van der Waals surface area contributed by atoms with Crippen molar-refractivity contribution in [1.29, 1.82) is 0 Å². The number of primary amides is 1. The molecule has 3 N–H and O–H groups in total. The minimum Gasteiger partial charge on any atom is -0.450 e. The number of hydrogen-bond acceptors (Lipinski definition) is 7. The van der Waals surface area contributed by atoms with E-state index in [4.69, 9.17) is 14.9 Å². The van der Waals surface area contributed by atoms with Gasteiger partial charge in [0.25, 0.3) is 11.8 Å². The van der Waals surface area contributed by atoms with Crippen molar-refractivity contribution >= 4 is 56.9 Å². The largest absolute Gasteiger partial charge is 0.450 e. The fraction of sp³-hybridized carbons (Fsp3) is 0.348. The predicted octanol–water partition coefficient (Wildman–Crippen LogP) is 4.95. The molecule has 0 bridgehead atoms. The van der Waals surface area contributed by atoms with E-state index in [0.717, 1.165) is 10.9 Å². The average molecular weight is 473 g/mol. The van der Waals surface area contributed by atoms with Crippen molar-refractivity contribution < 1.29 is 23.5 Å². The summed E-state index contributed by atoms with van der Waals surface area (Å²) in [4.78, 5) is 36.4. The van der Waals surface area contributed by atoms with Gasteiger partial charge in [-0.1, -0.05) is 37.5 Å². The molecule has 7 nitrogen and oxygen atoms in total. The average Bonchev–Trinajstić information content (AvgIpc) is 3.41. The van der Waals surface area contributed by atoms with Gasteiger partial charge in [0.15, 0.2) is 6.61 Å². The first-order valence-corrected chi connectivity index (χ1v) is 12.4. The molecule has 2 aromatic heterocycles. The molecule has 0 radical (unpaired) electrons. The van der Waals surface area contributed by atoms with Crippen LogP contribution in [-0.2, 0) is 15.3 Å². The number of hydrogen-bond donors (Lipinski definition) is 2. The number of furan rings is 1. The lowest BCUT2D eigenvalue weighted by atomic mass is 10.0. The van der Waals surface area contributed by atoms with E-state index in [2.05, 4.69) is 5.32 Å². The van der Waals surface area contributed by atoms with Crippen molar-refractivity contribution in [3.05, 3.63) is 52.6 Å². The monoisotopic (exact) mass is 472 g/mol. The fourth-order valence-electron chi connectivity index (χ4n) is 3.80. The Hall–Kier alpha value is -2.78. The van der Waals surface area contributed by atoms with Crippen LogP contribution in [0.5, 0.6) is 0 Å². The number of amides is 2. The number of nitrogens with two attached hydrogens (primary N) is 1. The van der Waals surface area contributed by atoms with Crippen LogP contribution in [0, 0.1) is 0 Å². The zero-order valence-electron chi connectivity index (χ0n) is 17.4. The van der Waals surface area contributed by atoms with Gasteiger partial charge in [-0.25, -0.2) is 4.79 Å². The van der Waals surface area contributed by atoms with E-state index in [1.165, 1.54) is 49.5 Å². The van der Waals surface area contributed by atoms with Crippen molar-refractivity contribution in [3.63, 3.8) is 0 Å². The molecule has 168 valence electrons. The number of carbonyl (C=O) groups is 3. The van der Waals surface area contributed by atoms with Gasteiger partial charge < -0.3 is 20.2 Å². The Kier molecular flexibility index (Phi) is 7.16. The molecule has 0 unspecified atom stereocenters. The fourth-order valence-corrected chi connectivity index (χ4v) is 5.96. The third-order valence-corrected chi connectivity index (χ3v) is 7.65. The van der Waals surface area contributed by atoms with E-state index in [9.17, 15) is 14.4 Å². The lowest BCUT2D eigenvalue weighted by Crippen LogP contribution is -2.22. The van der Waals surface area contributed by atoms with Gasteiger partial charge in [0.05, 0.1) is 5.56 Å². The summed E-state index contributed by atoms with van der Waals surface area (Å²) >= 11 is 3.01. The van der Waals surface area contributed by atoms with Gasteiger partial charge in [0.1, 0.15) is 10.6 Å². The van der Waals surface area contributed by atoms with E-state index in [0.29, 0.717) is 21.6 Å². The quantitative estimate of drug-likeness (QED) is 0.449. The van der Waals surface area contributed by atoms with Crippen LogP contribution in [0.1, 0.15) is 58.6 Å². The van der Waals surface area contributed by atoms with Crippen LogP contribution in [0.15, 0.2) is 40.1 Å². The third kappa shape index (κ3) is 5.16. The maximum absolute atomic E-state index is 12.8. The molecule has 1 fully saturated rings. The molecule has 1 aliphatic rings. The Labute approximate surface area is 193 Å². The highest BCUT2D eigenvalue weighted by atomic mass is 32.2. The molecule has 9 heteroatoms. The maximum Gasteiger partial charge on any atom is 0.375 e. The van der Waals surface area contributed by atoms with Gasteiger partial charge in [-0.05, 0) is 30.4 Å². The van der Waals surface area contributed by atoms with E-state index in [1.54, 1.807) is 5.38 Å². The standard InChI is InChI=1S/C23H24N2O5S2/c24-21(27)16-10-11-31-22(16)25-19(26)12-29-23(28)20-17(13-32-14-6-2-1-3-7-14)15-8-4-5-9-18(15)30-20/h4-5,8-11,14H,1-3,6-7,12-13H2,(H2,24,27)(H,25,26). The molecule has 32 heavy (non-hydrogen) atoms. The molecule has 3 aromatic rings. The summed E-state index contributed by atoms with van der Waals surface area (Å²) in [6.45, 7) is -0.499. The van der Waals surface area contributed by atoms with Crippen LogP contribution < -0.4 is 11.1 Å². The number of benzene rings is 1. The number of carbonyl (C=O) groups excluding carboxylic acids is 3. The van der Waals surface area contributed by atoms with Gasteiger partial charge in [-0.15, -0.1) is 11.3 Å².